The van der Waals surface area contributed by atoms with E-state index >= 15 is 0 Å². The minimum Gasteiger partial charge on any atom is -0.473 e. The van der Waals surface area contributed by atoms with Crippen molar-refractivity contribution in [3.8, 4) is 0 Å². The molecule has 2 heterocycles. The number of thiophene rings is 1. The number of carboxylic acids is 2. The van der Waals surface area contributed by atoms with Gasteiger partial charge in [0.1, 0.15) is 5.00 Å². The van der Waals surface area contributed by atoms with Gasteiger partial charge >= 0.3 is 17.9 Å². The molecule has 1 fully saturated rings. The van der Waals surface area contributed by atoms with Gasteiger partial charge in [-0.05, 0) is 64.1 Å². The first-order chi connectivity index (χ1) is 15.3. The molecule has 9 nitrogen and oxygen atoms in total. The van der Waals surface area contributed by atoms with Crippen molar-refractivity contribution in [1.29, 1.82) is 0 Å². The number of likely N-dealkylation sites (tertiary alicyclic amines) is 1. The van der Waals surface area contributed by atoms with Crippen molar-refractivity contribution >= 4 is 40.2 Å². The highest BCUT2D eigenvalue weighted by Crippen LogP contribution is 2.38. The van der Waals surface area contributed by atoms with Gasteiger partial charge in [0, 0.05) is 17.8 Å². The quantitative estimate of drug-likeness (QED) is 0.329. The molecule has 10 heteroatoms. The first kappa shape index (κ1) is 25.8. The maximum atomic E-state index is 12.5. The molecule has 0 radical (unpaired) electrons. The Balaban J connectivity index is 0.000000534. The van der Waals surface area contributed by atoms with Gasteiger partial charge in [-0.15, -0.1) is 11.3 Å². The van der Waals surface area contributed by atoms with Gasteiger partial charge in [0.25, 0.3) is 0 Å². The minimum absolute atomic E-state index is 0.00229. The topological polar surface area (TPSA) is 133 Å². The van der Waals surface area contributed by atoms with E-state index in [1.807, 2.05) is 6.92 Å². The third-order valence-corrected chi connectivity index (χ3v) is 6.65. The second kappa shape index (κ2) is 13.2. The average molecular weight is 469 g/mol. The van der Waals surface area contributed by atoms with Gasteiger partial charge in [-0.3, -0.25) is 4.79 Å². The molecule has 0 unspecified atom stereocenters. The molecule has 3 N–H and O–H groups in total. The van der Waals surface area contributed by atoms with E-state index in [0.29, 0.717) is 23.6 Å². The summed E-state index contributed by atoms with van der Waals surface area (Å²) in [5.74, 6) is -3.94. The zero-order valence-corrected chi connectivity index (χ0v) is 19.3. The van der Waals surface area contributed by atoms with E-state index in [1.165, 1.54) is 30.6 Å². The number of hydrogen-bond donors (Lipinski definition) is 3. The van der Waals surface area contributed by atoms with Crippen LogP contribution in [0.15, 0.2) is 0 Å². The Morgan fingerprint density at radius 2 is 1.59 bits per heavy atom. The molecule has 1 amide bonds. The lowest BCUT2D eigenvalue weighted by Crippen LogP contribution is -2.32. The maximum Gasteiger partial charge on any atom is 0.414 e. The van der Waals surface area contributed by atoms with Crippen LogP contribution in [0.25, 0.3) is 0 Å². The summed E-state index contributed by atoms with van der Waals surface area (Å²) in [6, 6.07) is 0. The van der Waals surface area contributed by atoms with Crippen molar-refractivity contribution in [3.63, 3.8) is 0 Å². The van der Waals surface area contributed by atoms with Crippen LogP contribution < -0.4 is 5.32 Å². The molecule has 1 aromatic heterocycles. The van der Waals surface area contributed by atoms with Crippen molar-refractivity contribution < 1.29 is 34.1 Å². The standard InChI is InChI=1S/C20H30N2O3S.C2H2O4/c1-2-25-20(24)18-15-9-5-3-6-10-16(15)26-19(18)21-17(23)11-14-22-12-7-4-8-13-22;3-1(4)2(5)6/h2-14H2,1H3,(H,21,23);(H,3,4)(H,5,6). The molecule has 0 bridgehead atoms. The van der Waals surface area contributed by atoms with Crippen LogP contribution in [0.4, 0.5) is 5.00 Å². The molecule has 1 aromatic rings. The summed E-state index contributed by atoms with van der Waals surface area (Å²) in [5.41, 5.74) is 1.72. The summed E-state index contributed by atoms with van der Waals surface area (Å²) < 4.78 is 5.28. The number of carboxylic acid groups (broad SMARTS) is 2. The van der Waals surface area contributed by atoms with Crippen molar-refractivity contribution in [2.24, 2.45) is 0 Å². The third kappa shape index (κ3) is 7.90. The van der Waals surface area contributed by atoms with Gasteiger partial charge < -0.3 is 25.2 Å². The van der Waals surface area contributed by atoms with Crippen molar-refractivity contribution in [3.05, 3.63) is 16.0 Å². The molecule has 3 rings (SSSR count). The number of ether oxygens (including phenoxy) is 1. The second-order valence-corrected chi connectivity index (χ2v) is 8.91. The van der Waals surface area contributed by atoms with Crippen LogP contribution in [0.5, 0.6) is 0 Å². The summed E-state index contributed by atoms with van der Waals surface area (Å²) in [7, 11) is 0. The van der Waals surface area contributed by atoms with Gasteiger partial charge in [0.15, 0.2) is 0 Å². The number of carbonyl (C=O) groups excluding carboxylic acids is 2. The molecule has 1 aliphatic carbocycles. The lowest BCUT2D eigenvalue weighted by Gasteiger charge is -2.25. The van der Waals surface area contributed by atoms with Gasteiger partial charge in [-0.1, -0.05) is 12.8 Å². The number of fused-ring (bicyclic) bond motifs is 1. The number of hydrogen-bond acceptors (Lipinski definition) is 7. The van der Waals surface area contributed by atoms with Crippen molar-refractivity contribution in [1.82, 2.24) is 4.90 Å². The van der Waals surface area contributed by atoms with Crippen LogP contribution in [-0.4, -0.2) is 65.2 Å². The lowest BCUT2D eigenvalue weighted by molar-refractivity contribution is -0.159. The summed E-state index contributed by atoms with van der Waals surface area (Å²) in [5, 5.41) is 18.5. The van der Waals surface area contributed by atoms with Gasteiger partial charge in [0.2, 0.25) is 5.91 Å². The number of rotatable bonds is 6. The molecule has 2 aliphatic rings. The van der Waals surface area contributed by atoms with E-state index in [2.05, 4.69) is 10.2 Å². The van der Waals surface area contributed by atoms with E-state index in [-0.39, 0.29) is 11.9 Å². The van der Waals surface area contributed by atoms with E-state index in [4.69, 9.17) is 24.5 Å². The molecule has 1 aliphatic heterocycles. The summed E-state index contributed by atoms with van der Waals surface area (Å²) in [4.78, 5) is 46.8. The molecule has 0 aromatic carbocycles. The monoisotopic (exact) mass is 468 g/mol. The molecule has 178 valence electrons. The number of aryl methyl sites for hydroxylation is 1. The van der Waals surface area contributed by atoms with E-state index in [1.54, 1.807) is 11.3 Å². The highest BCUT2D eigenvalue weighted by atomic mass is 32.1. The zero-order chi connectivity index (χ0) is 23.5. The number of esters is 1. The zero-order valence-electron chi connectivity index (χ0n) is 18.5. The van der Waals surface area contributed by atoms with Crippen molar-refractivity contribution in [2.45, 2.75) is 64.7 Å². The predicted molar refractivity (Wildman–Crippen MR) is 120 cm³/mol. The predicted octanol–water partition coefficient (Wildman–Crippen LogP) is 3.16. The molecule has 0 spiro atoms. The largest absolute Gasteiger partial charge is 0.473 e. The van der Waals surface area contributed by atoms with Crippen LogP contribution in [-0.2, 0) is 32.0 Å². The lowest BCUT2D eigenvalue weighted by atomic mass is 10.1. The normalized spacial score (nSPS) is 16.0. The van der Waals surface area contributed by atoms with Crippen molar-refractivity contribution in [2.75, 3.05) is 31.6 Å². The Bertz CT molecular complexity index is 803. The Hall–Kier alpha value is -2.46. The smallest absolute Gasteiger partial charge is 0.414 e. The van der Waals surface area contributed by atoms with Crippen LogP contribution in [0.3, 0.4) is 0 Å². The number of nitrogens with zero attached hydrogens (tertiary/aromatic N) is 1. The van der Waals surface area contributed by atoms with E-state index < -0.39 is 11.9 Å². The van der Waals surface area contributed by atoms with Crippen LogP contribution in [0.1, 0.15) is 72.7 Å². The molecule has 32 heavy (non-hydrogen) atoms. The number of carbonyl (C=O) groups is 4. The summed E-state index contributed by atoms with van der Waals surface area (Å²) in [6.07, 6.45) is 9.58. The summed E-state index contributed by atoms with van der Waals surface area (Å²) in [6.45, 7) is 5.15. The Morgan fingerprint density at radius 3 is 2.22 bits per heavy atom. The Morgan fingerprint density at radius 1 is 0.969 bits per heavy atom. The van der Waals surface area contributed by atoms with E-state index in [9.17, 15) is 9.59 Å². The molecule has 0 atom stereocenters. The molecule has 1 saturated heterocycles. The fourth-order valence-electron chi connectivity index (χ4n) is 3.88. The average Bonchev–Trinajstić information content (AvgIpc) is 2.93. The molecular weight excluding hydrogens is 436 g/mol. The highest BCUT2D eigenvalue weighted by Gasteiger charge is 2.26. The fraction of sp³-hybridized carbons (Fsp3) is 0.636. The Kier molecular flexibility index (Phi) is 10.6. The summed E-state index contributed by atoms with van der Waals surface area (Å²) >= 11 is 1.57. The number of piperidine rings is 1. The Labute approximate surface area is 191 Å². The number of anilines is 1. The molecule has 0 saturated carbocycles. The fourth-order valence-corrected chi connectivity index (χ4v) is 5.18. The van der Waals surface area contributed by atoms with Gasteiger partial charge in [-0.2, -0.15) is 0 Å². The maximum absolute atomic E-state index is 12.5. The van der Waals surface area contributed by atoms with Gasteiger partial charge in [-0.25, -0.2) is 14.4 Å². The number of aliphatic carboxylic acids is 2. The van der Waals surface area contributed by atoms with Crippen LogP contribution >= 0.6 is 11.3 Å². The number of nitrogens with one attached hydrogen (secondary N) is 1. The molecular formula is C22H32N2O7S. The SMILES string of the molecule is CCOC(=O)c1c(NC(=O)CCN2CCCCC2)sc2c1CCCCC2.O=C(O)C(=O)O. The van der Waals surface area contributed by atoms with Crippen LogP contribution in [0, 0.1) is 0 Å². The van der Waals surface area contributed by atoms with Crippen LogP contribution in [0.2, 0.25) is 0 Å². The van der Waals surface area contributed by atoms with Gasteiger partial charge in [0.05, 0.1) is 12.2 Å². The second-order valence-electron chi connectivity index (χ2n) is 7.80. The highest BCUT2D eigenvalue weighted by molar-refractivity contribution is 7.17. The number of amides is 1. The minimum atomic E-state index is -1.82. The van der Waals surface area contributed by atoms with E-state index in [0.717, 1.165) is 50.9 Å². The third-order valence-electron chi connectivity index (χ3n) is 5.44. The first-order valence-corrected chi connectivity index (χ1v) is 11.9. The first-order valence-electron chi connectivity index (χ1n) is 11.1.